The van der Waals surface area contributed by atoms with Crippen LogP contribution in [0.2, 0.25) is 5.02 Å². The molecular formula is C15H17ClN2O3. The van der Waals surface area contributed by atoms with Crippen LogP contribution in [0.15, 0.2) is 30.5 Å². The molecular weight excluding hydrogens is 292 g/mol. The van der Waals surface area contributed by atoms with Gasteiger partial charge in [0.25, 0.3) is 0 Å². The summed E-state index contributed by atoms with van der Waals surface area (Å²) in [6.07, 6.45) is 1.81. The average molecular weight is 309 g/mol. The van der Waals surface area contributed by atoms with Gasteiger partial charge in [-0.2, -0.15) is 0 Å². The van der Waals surface area contributed by atoms with Crippen LogP contribution in [0, 0.1) is 5.92 Å². The van der Waals surface area contributed by atoms with Crippen molar-refractivity contribution in [1.29, 1.82) is 0 Å². The van der Waals surface area contributed by atoms with E-state index in [1.54, 1.807) is 30.5 Å². The topological polar surface area (TPSA) is 71.3 Å². The molecule has 2 rings (SSSR count). The number of aliphatic carboxylic acids is 1. The van der Waals surface area contributed by atoms with E-state index in [9.17, 15) is 9.59 Å². The van der Waals surface area contributed by atoms with Gasteiger partial charge in [0, 0.05) is 22.8 Å². The van der Waals surface area contributed by atoms with Gasteiger partial charge >= 0.3 is 5.97 Å². The third-order valence-electron chi connectivity index (χ3n) is 3.58. The number of hydrogen-bond donors (Lipinski definition) is 2. The van der Waals surface area contributed by atoms with Crippen LogP contribution in [0.3, 0.4) is 0 Å². The lowest BCUT2D eigenvalue weighted by Gasteiger charge is -2.18. The molecule has 1 aromatic carbocycles. The molecule has 21 heavy (non-hydrogen) atoms. The van der Waals surface area contributed by atoms with Crippen LogP contribution in [0.5, 0.6) is 0 Å². The minimum absolute atomic E-state index is 0.126. The molecule has 5 nitrogen and oxygen atoms in total. The number of halogens is 1. The molecule has 112 valence electrons. The second-order valence-corrected chi connectivity index (χ2v) is 5.57. The molecule has 2 unspecified atom stereocenters. The molecule has 0 aliphatic rings. The van der Waals surface area contributed by atoms with Crippen molar-refractivity contribution in [2.24, 2.45) is 5.92 Å². The van der Waals surface area contributed by atoms with Gasteiger partial charge in [0.05, 0.1) is 5.92 Å². The number of carbonyl (C=O) groups excluding carboxylic acids is 1. The van der Waals surface area contributed by atoms with Crippen molar-refractivity contribution in [2.75, 3.05) is 0 Å². The Kier molecular flexibility index (Phi) is 4.53. The Hall–Kier alpha value is -2.01. The monoisotopic (exact) mass is 308 g/mol. The summed E-state index contributed by atoms with van der Waals surface area (Å²) in [5.41, 5.74) is 0.872. The lowest BCUT2D eigenvalue weighted by molar-refractivity contribution is -0.142. The summed E-state index contributed by atoms with van der Waals surface area (Å²) in [5.74, 6) is -1.79. The first kappa shape index (κ1) is 15.4. The third-order valence-corrected chi connectivity index (χ3v) is 3.81. The van der Waals surface area contributed by atoms with Gasteiger partial charge in [-0.15, -0.1) is 0 Å². The maximum absolute atomic E-state index is 12.0. The molecule has 6 heteroatoms. The Bertz CT molecular complexity index is 681. The standard InChI is InChI=1S/C15H17ClN2O3/c1-9(15(20)21)10(2)17-14(19)8-18-6-5-11-3-4-12(16)7-13(11)18/h3-7,9-10H,8H2,1-2H3,(H,17,19)(H,20,21). The molecule has 0 fully saturated rings. The Morgan fingerprint density at radius 3 is 2.71 bits per heavy atom. The van der Waals surface area contributed by atoms with E-state index in [4.69, 9.17) is 16.7 Å². The highest BCUT2D eigenvalue weighted by Gasteiger charge is 2.21. The predicted molar refractivity (Wildman–Crippen MR) is 81.4 cm³/mol. The van der Waals surface area contributed by atoms with Crippen molar-refractivity contribution in [3.63, 3.8) is 0 Å². The predicted octanol–water partition coefficient (Wildman–Crippen LogP) is 2.52. The first-order chi connectivity index (χ1) is 9.88. The minimum Gasteiger partial charge on any atom is -0.481 e. The molecule has 0 aliphatic heterocycles. The van der Waals surface area contributed by atoms with E-state index < -0.39 is 17.9 Å². The van der Waals surface area contributed by atoms with Crippen LogP contribution in [-0.2, 0) is 16.1 Å². The molecule has 0 radical (unpaired) electrons. The van der Waals surface area contributed by atoms with Gasteiger partial charge in [0.15, 0.2) is 0 Å². The number of fused-ring (bicyclic) bond motifs is 1. The fourth-order valence-corrected chi connectivity index (χ4v) is 2.25. The Morgan fingerprint density at radius 1 is 1.33 bits per heavy atom. The lowest BCUT2D eigenvalue weighted by Crippen LogP contribution is -2.41. The van der Waals surface area contributed by atoms with Crippen LogP contribution in [0.4, 0.5) is 0 Å². The van der Waals surface area contributed by atoms with Crippen molar-refractivity contribution in [3.05, 3.63) is 35.5 Å². The molecule has 2 aromatic rings. The zero-order valence-electron chi connectivity index (χ0n) is 11.8. The van der Waals surface area contributed by atoms with Crippen LogP contribution < -0.4 is 5.32 Å². The summed E-state index contributed by atoms with van der Waals surface area (Å²) < 4.78 is 1.79. The number of benzene rings is 1. The third kappa shape index (κ3) is 3.55. The van der Waals surface area contributed by atoms with Gasteiger partial charge in [-0.1, -0.05) is 17.7 Å². The molecule has 2 atom stereocenters. The summed E-state index contributed by atoms with van der Waals surface area (Å²) in [5, 5.41) is 13.2. The number of aromatic nitrogens is 1. The van der Waals surface area contributed by atoms with Crippen molar-refractivity contribution >= 4 is 34.4 Å². The van der Waals surface area contributed by atoms with Gasteiger partial charge in [0.2, 0.25) is 5.91 Å². The van der Waals surface area contributed by atoms with E-state index in [1.807, 2.05) is 18.3 Å². The molecule has 0 spiro atoms. The SMILES string of the molecule is CC(NC(=O)Cn1ccc2ccc(Cl)cc21)C(C)C(=O)O. The Labute approximate surface area is 127 Å². The fourth-order valence-electron chi connectivity index (χ4n) is 2.09. The number of hydrogen-bond acceptors (Lipinski definition) is 2. The quantitative estimate of drug-likeness (QED) is 0.891. The summed E-state index contributed by atoms with van der Waals surface area (Å²) in [7, 11) is 0. The molecule has 1 heterocycles. The van der Waals surface area contributed by atoms with Crippen LogP contribution in [0.1, 0.15) is 13.8 Å². The summed E-state index contributed by atoms with van der Waals surface area (Å²) in [6, 6.07) is 6.96. The highest BCUT2D eigenvalue weighted by molar-refractivity contribution is 6.31. The van der Waals surface area contributed by atoms with E-state index in [2.05, 4.69) is 5.32 Å². The second-order valence-electron chi connectivity index (χ2n) is 5.13. The highest BCUT2D eigenvalue weighted by atomic mass is 35.5. The van der Waals surface area contributed by atoms with Crippen molar-refractivity contribution in [1.82, 2.24) is 9.88 Å². The largest absolute Gasteiger partial charge is 0.481 e. The van der Waals surface area contributed by atoms with Crippen molar-refractivity contribution in [3.8, 4) is 0 Å². The summed E-state index contributed by atoms with van der Waals surface area (Å²) in [4.78, 5) is 22.9. The van der Waals surface area contributed by atoms with Gasteiger partial charge in [0.1, 0.15) is 6.54 Å². The van der Waals surface area contributed by atoms with E-state index >= 15 is 0 Å². The van der Waals surface area contributed by atoms with Gasteiger partial charge in [-0.05, 0) is 37.4 Å². The number of nitrogens with one attached hydrogen (secondary N) is 1. The Balaban J connectivity index is 2.08. The smallest absolute Gasteiger partial charge is 0.308 e. The summed E-state index contributed by atoms with van der Waals surface area (Å²) in [6.45, 7) is 3.37. The van der Waals surface area contributed by atoms with Crippen LogP contribution >= 0.6 is 11.6 Å². The number of carbonyl (C=O) groups is 2. The normalized spacial score (nSPS) is 13.9. The average Bonchev–Trinajstić information content (AvgIpc) is 2.80. The lowest BCUT2D eigenvalue weighted by atomic mass is 10.0. The van der Waals surface area contributed by atoms with Crippen molar-refractivity contribution in [2.45, 2.75) is 26.4 Å². The van der Waals surface area contributed by atoms with Gasteiger partial charge < -0.3 is 15.0 Å². The number of carboxylic acids is 1. The highest BCUT2D eigenvalue weighted by Crippen LogP contribution is 2.20. The maximum atomic E-state index is 12.0. The van der Waals surface area contributed by atoms with E-state index in [0.29, 0.717) is 5.02 Å². The zero-order valence-corrected chi connectivity index (χ0v) is 12.6. The van der Waals surface area contributed by atoms with Crippen LogP contribution in [0.25, 0.3) is 10.9 Å². The molecule has 0 bridgehead atoms. The Morgan fingerprint density at radius 2 is 2.05 bits per heavy atom. The second kappa shape index (κ2) is 6.18. The zero-order chi connectivity index (χ0) is 15.6. The van der Waals surface area contributed by atoms with E-state index in [1.165, 1.54) is 0 Å². The van der Waals surface area contributed by atoms with E-state index in [0.717, 1.165) is 10.9 Å². The first-order valence-corrected chi connectivity index (χ1v) is 7.03. The minimum atomic E-state index is -0.930. The molecule has 1 aromatic heterocycles. The van der Waals surface area contributed by atoms with Crippen molar-refractivity contribution < 1.29 is 14.7 Å². The maximum Gasteiger partial charge on any atom is 0.308 e. The van der Waals surface area contributed by atoms with E-state index in [-0.39, 0.29) is 12.5 Å². The number of nitrogens with zero attached hydrogens (tertiary/aromatic N) is 1. The molecule has 1 amide bonds. The number of carboxylic acid groups (broad SMARTS) is 1. The summed E-state index contributed by atoms with van der Waals surface area (Å²) >= 11 is 5.97. The number of amides is 1. The number of rotatable bonds is 5. The van der Waals surface area contributed by atoms with Gasteiger partial charge in [-0.25, -0.2) is 0 Å². The first-order valence-electron chi connectivity index (χ1n) is 6.65. The molecule has 0 saturated carbocycles. The fraction of sp³-hybridized carbons (Fsp3) is 0.333. The molecule has 0 aliphatic carbocycles. The molecule has 2 N–H and O–H groups in total. The molecule has 0 saturated heterocycles. The van der Waals surface area contributed by atoms with Crippen LogP contribution in [-0.4, -0.2) is 27.6 Å². The van der Waals surface area contributed by atoms with Gasteiger partial charge in [-0.3, -0.25) is 9.59 Å².